The van der Waals surface area contributed by atoms with E-state index in [1.807, 2.05) is 0 Å². The minimum Gasteiger partial charge on any atom is -0.454 e. The molecule has 1 aromatic heterocycles. The van der Waals surface area contributed by atoms with Gasteiger partial charge in [0.15, 0.2) is 11.4 Å². The molecular formula is C11H10ClF4NO. The molecule has 2 nitrogen and oxygen atoms in total. The molecule has 1 aromatic carbocycles. The molecule has 0 amide bonds. The number of rotatable bonds is 2. The van der Waals surface area contributed by atoms with Gasteiger partial charge in [0.25, 0.3) is 6.43 Å². The Morgan fingerprint density at radius 3 is 2.39 bits per heavy atom. The number of fused-ring (bicyclic) bond motifs is 1. The van der Waals surface area contributed by atoms with E-state index in [4.69, 9.17) is 16.0 Å². The van der Waals surface area contributed by atoms with Crippen LogP contribution < -0.4 is 6.15 Å². The van der Waals surface area contributed by atoms with Gasteiger partial charge in [0.05, 0.1) is 0 Å². The molecule has 0 bridgehead atoms. The Bertz CT molecular complexity index is 570. The van der Waals surface area contributed by atoms with Crippen molar-refractivity contribution in [3.63, 3.8) is 0 Å². The maximum atomic E-state index is 13.4. The molecule has 0 radical (unpaired) electrons. The van der Waals surface area contributed by atoms with Crippen molar-refractivity contribution >= 4 is 22.6 Å². The molecule has 0 aliphatic carbocycles. The lowest BCUT2D eigenvalue weighted by Crippen LogP contribution is -2.02. The van der Waals surface area contributed by atoms with Crippen molar-refractivity contribution in [2.24, 2.45) is 0 Å². The standard InChI is InChI=1S/C11H7ClF4O.H3N/c1-4-6-2-5(12)3-7(13)10(6)17-9(4)8(14)11(15)16;/h2-3,8,11H,1H3;1H3. The van der Waals surface area contributed by atoms with E-state index >= 15 is 0 Å². The molecule has 2 aromatic rings. The SMILES string of the molecule is Cc1c(C(F)C(F)F)oc2c(F)cc(Cl)cc12.N. The smallest absolute Gasteiger partial charge is 0.276 e. The van der Waals surface area contributed by atoms with Gasteiger partial charge in [0.1, 0.15) is 5.76 Å². The van der Waals surface area contributed by atoms with Crippen molar-refractivity contribution in [1.82, 2.24) is 6.15 Å². The molecule has 0 saturated heterocycles. The van der Waals surface area contributed by atoms with Gasteiger partial charge in [-0.15, -0.1) is 0 Å². The van der Waals surface area contributed by atoms with Crippen LogP contribution in [0.3, 0.4) is 0 Å². The van der Waals surface area contributed by atoms with Gasteiger partial charge in [0, 0.05) is 16.0 Å². The van der Waals surface area contributed by atoms with Gasteiger partial charge < -0.3 is 10.6 Å². The van der Waals surface area contributed by atoms with Crippen molar-refractivity contribution in [3.05, 3.63) is 34.3 Å². The van der Waals surface area contributed by atoms with Crippen LogP contribution in [-0.2, 0) is 0 Å². The number of hydrogen-bond donors (Lipinski definition) is 1. The van der Waals surface area contributed by atoms with E-state index in [-0.39, 0.29) is 27.7 Å². The Kier molecular flexibility index (Phi) is 4.24. The fraction of sp³-hybridized carbons (Fsp3) is 0.273. The number of halogens is 5. The second kappa shape index (κ2) is 5.16. The molecule has 2 rings (SSSR count). The molecule has 0 saturated carbocycles. The van der Waals surface area contributed by atoms with Crippen LogP contribution in [0.2, 0.25) is 5.02 Å². The molecule has 3 N–H and O–H groups in total. The molecule has 0 spiro atoms. The third kappa shape index (κ3) is 2.30. The Morgan fingerprint density at radius 2 is 1.83 bits per heavy atom. The zero-order valence-electron chi connectivity index (χ0n) is 9.31. The summed E-state index contributed by atoms with van der Waals surface area (Å²) >= 11 is 5.62. The number of furan rings is 1. The predicted octanol–water partition coefficient (Wildman–Crippen LogP) is 4.97. The second-order valence-corrected chi connectivity index (χ2v) is 4.03. The fourth-order valence-corrected chi connectivity index (χ4v) is 1.84. The molecule has 0 aliphatic rings. The lowest BCUT2D eigenvalue weighted by atomic mass is 10.1. The van der Waals surface area contributed by atoms with Crippen LogP contribution in [-0.4, -0.2) is 6.43 Å². The van der Waals surface area contributed by atoms with Gasteiger partial charge in [-0.1, -0.05) is 11.6 Å². The van der Waals surface area contributed by atoms with Crippen LogP contribution >= 0.6 is 11.6 Å². The average Bonchev–Trinajstić information content (AvgIpc) is 2.56. The molecule has 1 heterocycles. The Morgan fingerprint density at radius 1 is 1.22 bits per heavy atom. The highest BCUT2D eigenvalue weighted by atomic mass is 35.5. The summed E-state index contributed by atoms with van der Waals surface area (Å²) in [6.45, 7) is 1.38. The molecule has 0 aliphatic heterocycles. The van der Waals surface area contributed by atoms with Crippen LogP contribution in [0.1, 0.15) is 17.5 Å². The first-order valence-corrected chi connectivity index (χ1v) is 5.10. The maximum absolute atomic E-state index is 13.4. The Hall–Kier alpha value is -1.27. The highest BCUT2D eigenvalue weighted by Crippen LogP contribution is 2.36. The summed E-state index contributed by atoms with van der Waals surface area (Å²) in [6.07, 6.45) is -5.78. The molecule has 18 heavy (non-hydrogen) atoms. The van der Waals surface area contributed by atoms with Gasteiger partial charge in [-0.3, -0.25) is 0 Å². The first-order valence-electron chi connectivity index (χ1n) is 4.72. The van der Waals surface area contributed by atoms with Crippen LogP contribution in [0.25, 0.3) is 11.0 Å². The van der Waals surface area contributed by atoms with E-state index in [1.165, 1.54) is 13.0 Å². The largest absolute Gasteiger partial charge is 0.454 e. The average molecular weight is 284 g/mol. The Balaban J connectivity index is 0.00000162. The second-order valence-electron chi connectivity index (χ2n) is 3.59. The van der Waals surface area contributed by atoms with Gasteiger partial charge in [0.2, 0.25) is 6.17 Å². The van der Waals surface area contributed by atoms with E-state index in [0.717, 1.165) is 6.07 Å². The third-order valence-electron chi connectivity index (χ3n) is 2.47. The summed E-state index contributed by atoms with van der Waals surface area (Å²) < 4.78 is 55.9. The zero-order valence-corrected chi connectivity index (χ0v) is 10.1. The summed E-state index contributed by atoms with van der Waals surface area (Å²) in [7, 11) is 0. The molecule has 1 unspecified atom stereocenters. The third-order valence-corrected chi connectivity index (χ3v) is 2.68. The predicted molar refractivity (Wildman–Crippen MR) is 60.8 cm³/mol. The Labute approximate surface area is 105 Å². The highest BCUT2D eigenvalue weighted by molar-refractivity contribution is 6.31. The highest BCUT2D eigenvalue weighted by Gasteiger charge is 2.29. The quantitative estimate of drug-likeness (QED) is 0.791. The van der Waals surface area contributed by atoms with E-state index in [1.54, 1.807) is 0 Å². The maximum Gasteiger partial charge on any atom is 0.276 e. The minimum absolute atomic E-state index is 0. The van der Waals surface area contributed by atoms with Crippen LogP contribution in [0.5, 0.6) is 0 Å². The molecule has 7 heteroatoms. The topological polar surface area (TPSA) is 48.1 Å². The van der Waals surface area contributed by atoms with E-state index in [9.17, 15) is 17.6 Å². The summed E-state index contributed by atoms with van der Waals surface area (Å²) in [6, 6.07) is 2.33. The molecule has 1 atom stereocenters. The minimum atomic E-state index is -3.22. The van der Waals surface area contributed by atoms with Crippen LogP contribution in [0.4, 0.5) is 17.6 Å². The lowest BCUT2D eigenvalue weighted by molar-refractivity contribution is 0.0380. The molecule has 0 fully saturated rings. The zero-order chi connectivity index (χ0) is 12.7. The van der Waals surface area contributed by atoms with Crippen molar-refractivity contribution in [1.29, 1.82) is 0 Å². The summed E-state index contributed by atoms with van der Waals surface area (Å²) in [4.78, 5) is 0. The van der Waals surface area contributed by atoms with Gasteiger partial charge in [-0.2, -0.15) is 0 Å². The number of aryl methyl sites for hydroxylation is 1. The fourth-order valence-electron chi connectivity index (χ4n) is 1.64. The van der Waals surface area contributed by atoms with Crippen LogP contribution in [0, 0.1) is 12.7 Å². The van der Waals surface area contributed by atoms with Crippen molar-refractivity contribution in [2.45, 2.75) is 19.5 Å². The van der Waals surface area contributed by atoms with Gasteiger partial charge in [-0.05, 0) is 19.1 Å². The first kappa shape index (κ1) is 14.8. The normalized spacial score (nSPS) is 12.8. The van der Waals surface area contributed by atoms with E-state index in [2.05, 4.69) is 0 Å². The van der Waals surface area contributed by atoms with E-state index in [0.29, 0.717) is 0 Å². The van der Waals surface area contributed by atoms with Crippen molar-refractivity contribution < 1.29 is 22.0 Å². The van der Waals surface area contributed by atoms with Gasteiger partial charge in [-0.25, -0.2) is 17.6 Å². The number of hydrogen-bond acceptors (Lipinski definition) is 2. The summed E-state index contributed by atoms with van der Waals surface area (Å²) in [5.41, 5.74) is -0.126. The first-order chi connectivity index (χ1) is 7.91. The van der Waals surface area contributed by atoms with Crippen molar-refractivity contribution in [3.8, 4) is 0 Å². The van der Waals surface area contributed by atoms with Crippen molar-refractivity contribution in [2.75, 3.05) is 0 Å². The number of benzene rings is 1. The number of alkyl halides is 3. The molecule has 100 valence electrons. The van der Waals surface area contributed by atoms with Gasteiger partial charge >= 0.3 is 0 Å². The lowest BCUT2D eigenvalue weighted by Gasteiger charge is -2.03. The monoisotopic (exact) mass is 283 g/mol. The molecular weight excluding hydrogens is 274 g/mol. The van der Waals surface area contributed by atoms with E-state index < -0.39 is 24.2 Å². The van der Waals surface area contributed by atoms with Crippen LogP contribution in [0.15, 0.2) is 16.5 Å². The summed E-state index contributed by atoms with van der Waals surface area (Å²) in [5.74, 6) is -1.36. The summed E-state index contributed by atoms with van der Waals surface area (Å²) in [5, 5.41) is 0.297.